The first kappa shape index (κ1) is 34.5. The van der Waals surface area contributed by atoms with Crippen LogP contribution in [-0.4, -0.2) is 50.9 Å². The summed E-state index contributed by atoms with van der Waals surface area (Å²) in [6.07, 6.45) is 0.963. The maximum Gasteiger partial charge on any atom is 0.264 e. The number of halogens is 1. The molecule has 0 heterocycles. The Morgan fingerprint density at radius 3 is 2.20 bits per heavy atom. The number of anilines is 1. The van der Waals surface area contributed by atoms with Gasteiger partial charge in [0, 0.05) is 24.5 Å². The number of amides is 2. The van der Waals surface area contributed by atoms with Gasteiger partial charge in [0.05, 0.1) is 17.2 Å². The number of para-hydroxylation sites is 2. The van der Waals surface area contributed by atoms with E-state index in [1.54, 1.807) is 31.2 Å². The largest absolute Gasteiger partial charge is 0.492 e. The molecule has 0 unspecified atom stereocenters. The minimum absolute atomic E-state index is 0.0389. The number of rotatable bonds is 15. The Hall–Kier alpha value is -4.34. The normalized spacial score (nSPS) is 11.8. The number of aryl methyl sites for hydroxylation is 1. The van der Waals surface area contributed by atoms with Gasteiger partial charge in [-0.25, -0.2) is 8.42 Å². The second-order valence-corrected chi connectivity index (χ2v) is 13.1. The zero-order chi connectivity index (χ0) is 33.1. The van der Waals surface area contributed by atoms with Crippen LogP contribution in [0.4, 0.5) is 5.69 Å². The van der Waals surface area contributed by atoms with Crippen molar-refractivity contribution in [2.75, 3.05) is 24.0 Å². The van der Waals surface area contributed by atoms with E-state index in [2.05, 4.69) is 5.32 Å². The van der Waals surface area contributed by atoms with Gasteiger partial charge in [-0.15, -0.1) is 0 Å². The van der Waals surface area contributed by atoms with Gasteiger partial charge >= 0.3 is 0 Å². The van der Waals surface area contributed by atoms with Crippen LogP contribution in [0, 0.1) is 6.92 Å². The third kappa shape index (κ3) is 8.68. The van der Waals surface area contributed by atoms with Gasteiger partial charge in [0.25, 0.3) is 10.0 Å². The number of nitrogens with zero attached hydrogens (tertiary/aromatic N) is 2. The molecule has 0 aliphatic heterocycles. The van der Waals surface area contributed by atoms with Crippen molar-refractivity contribution in [3.05, 3.63) is 125 Å². The van der Waals surface area contributed by atoms with E-state index in [0.29, 0.717) is 17.3 Å². The number of hydrogen-bond donors (Lipinski definition) is 1. The molecule has 4 aromatic carbocycles. The Morgan fingerprint density at radius 2 is 1.52 bits per heavy atom. The fourth-order valence-corrected chi connectivity index (χ4v) is 6.63. The summed E-state index contributed by atoms with van der Waals surface area (Å²) in [5.74, 6) is -0.545. The summed E-state index contributed by atoms with van der Waals surface area (Å²) in [6.45, 7) is 5.95. The standard InChI is InChI=1S/C36H40ClN3O5S/c1-4-23-38-36(42)33(24-28-14-7-6-8-15-28)39(25-29-16-10-9-13-27(29)3)35(41)26-40(32-17-11-12-18-34(32)45-5-2)46(43,44)31-21-19-30(37)20-22-31/h6-22,33H,4-5,23-26H2,1-3H3,(H,38,42)/t33-/m0/s1. The third-order valence-corrected chi connectivity index (χ3v) is 9.56. The minimum atomic E-state index is -4.29. The molecule has 0 aliphatic rings. The molecule has 1 atom stereocenters. The van der Waals surface area contributed by atoms with E-state index in [0.717, 1.165) is 27.4 Å². The van der Waals surface area contributed by atoms with Gasteiger partial charge in [0.1, 0.15) is 18.3 Å². The van der Waals surface area contributed by atoms with Gasteiger partial charge in [-0.05, 0) is 73.4 Å². The summed E-state index contributed by atoms with van der Waals surface area (Å²) < 4.78 is 35.4. The zero-order valence-electron chi connectivity index (χ0n) is 26.4. The topological polar surface area (TPSA) is 96.0 Å². The summed E-state index contributed by atoms with van der Waals surface area (Å²) in [5, 5.41) is 3.34. The van der Waals surface area contributed by atoms with E-state index in [1.807, 2.05) is 68.4 Å². The fourth-order valence-electron chi connectivity index (χ4n) is 5.08. The number of carbonyl (C=O) groups is 2. The van der Waals surface area contributed by atoms with Crippen molar-refractivity contribution in [1.29, 1.82) is 0 Å². The third-order valence-electron chi connectivity index (χ3n) is 7.54. The summed E-state index contributed by atoms with van der Waals surface area (Å²) >= 11 is 6.08. The van der Waals surface area contributed by atoms with Crippen LogP contribution in [0.15, 0.2) is 108 Å². The maximum atomic E-state index is 14.6. The average molecular weight is 662 g/mol. The smallest absolute Gasteiger partial charge is 0.264 e. The van der Waals surface area contributed by atoms with Crippen molar-refractivity contribution in [2.45, 2.75) is 51.1 Å². The highest BCUT2D eigenvalue weighted by Crippen LogP contribution is 2.33. The van der Waals surface area contributed by atoms with Crippen LogP contribution in [0.5, 0.6) is 5.75 Å². The van der Waals surface area contributed by atoms with Crippen molar-refractivity contribution < 1.29 is 22.7 Å². The van der Waals surface area contributed by atoms with Gasteiger partial charge in [0.15, 0.2) is 0 Å². The highest BCUT2D eigenvalue weighted by molar-refractivity contribution is 7.92. The second-order valence-electron chi connectivity index (χ2n) is 10.8. The molecule has 4 rings (SSSR count). The molecule has 2 amide bonds. The van der Waals surface area contributed by atoms with Crippen LogP contribution in [0.3, 0.4) is 0 Å². The lowest BCUT2D eigenvalue weighted by Crippen LogP contribution is -2.53. The Bertz CT molecular complexity index is 1720. The van der Waals surface area contributed by atoms with Crippen LogP contribution >= 0.6 is 11.6 Å². The lowest BCUT2D eigenvalue weighted by Gasteiger charge is -2.34. The summed E-state index contributed by atoms with van der Waals surface area (Å²) in [7, 11) is -4.29. The molecule has 0 fully saturated rings. The highest BCUT2D eigenvalue weighted by atomic mass is 35.5. The van der Waals surface area contributed by atoms with E-state index < -0.39 is 28.5 Å². The molecule has 242 valence electrons. The van der Waals surface area contributed by atoms with Crippen molar-refractivity contribution in [3.63, 3.8) is 0 Å². The molecule has 0 spiro atoms. The molecule has 8 nitrogen and oxygen atoms in total. The van der Waals surface area contributed by atoms with Gasteiger partial charge in [-0.1, -0.05) is 85.3 Å². The first-order chi connectivity index (χ1) is 22.1. The van der Waals surface area contributed by atoms with Gasteiger partial charge in [0.2, 0.25) is 11.8 Å². The number of sulfonamides is 1. The second kappa shape index (κ2) is 16.3. The first-order valence-corrected chi connectivity index (χ1v) is 17.1. The number of benzene rings is 4. The monoisotopic (exact) mass is 661 g/mol. The molecule has 0 bridgehead atoms. The average Bonchev–Trinajstić information content (AvgIpc) is 3.06. The van der Waals surface area contributed by atoms with Gasteiger partial charge in [-0.2, -0.15) is 0 Å². The molecule has 0 aliphatic carbocycles. The molecule has 1 N–H and O–H groups in total. The molecule has 0 radical (unpaired) electrons. The van der Waals surface area contributed by atoms with E-state index in [-0.39, 0.29) is 36.1 Å². The number of nitrogens with one attached hydrogen (secondary N) is 1. The predicted molar refractivity (Wildman–Crippen MR) is 183 cm³/mol. The highest BCUT2D eigenvalue weighted by Gasteiger charge is 2.35. The predicted octanol–water partition coefficient (Wildman–Crippen LogP) is 6.41. The maximum absolute atomic E-state index is 14.6. The lowest BCUT2D eigenvalue weighted by molar-refractivity contribution is -0.140. The SMILES string of the molecule is CCCNC(=O)[C@H](Cc1ccccc1)N(Cc1ccccc1C)C(=O)CN(c1ccccc1OCC)S(=O)(=O)c1ccc(Cl)cc1. The van der Waals surface area contributed by atoms with Crippen molar-refractivity contribution in [1.82, 2.24) is 10.2 Å². The fraction of sp³-hybridized carbons (Fsp3) is 0.278. The molecular formula is C36H40ClN3O5S. The molecule has 46 heavy (non-hydrogen) atoms. The molecule has 0 saturated carbocycles. The number of hydrogen-bond acceptors (Lipinski definition) is 5. The lowest BCUT2D eigenvalue weighted by atomic mass is 10.0. The van der Waals surface area contributed by atoms with Crippen molar-refractivity contribution in [2.24, 2.45) is 0 Å². The number of ether oxygens (including phenoxy) is 1. The van der Waals surface area contributed by atoms with E-state index in [9.17, 15) is 18.0 Å². The molecule has 10 heteroatoms. The Kier molecular flexibility index (Phi) is 12.2. The molecule has 0 saturated heterocycles. The van der Waals surface area contributed by atoms with Gasteiger partial charge in [-0.3, -0.25) is 13.9 Å². The van der Waals surface area contributed by atoms with Gasteiger partial charge < -0.3 is 15.0 Å². The molecule has 0 aromatic heterocycles. The van der Waals surface area contributed by atoms with Crippen LogP contribution < -0.4 is 14.4 Å². The minimum Gasteiger partial charge on any atom is -0.492 e. The molecular weight excluding hydrogens is 622 g/mol. The Morgan fingerprint density at radius 1 is 0.870 bits per heavy atom. The first-order valence-electron chi connectivity index (χ1n) is 15.3. The zero-order valence-corrected chi connectivity index (χ0v) is 27.9. The molecule has 4 aromatic rings. The summed E-state index contributed by atoms with van der Waals surface area (Å²) in [5.41, 5.74) is 2.87. The van der Waals surface area contributed by atoms with Crippen LogP contribution in [-0.2, 0) is 32.6 Å². The van der Waals surface area contributed by atoms with Crippen LogP contribution in [0.2, 0.25) is 5.02 Å². The summed E-state index contributed by atoms with van der Waals surface area (Å²) in [4.78, 5) is 29.9. The number of carbonyl (C=O) groups excluding carboxylic acids is 2. The van der Waals surface area contributed by atoms with E-state index >= 15 is 0 Å². The quantitative estimate of drug-likeness (QED) is 0.159. The van der Waals surface area contributed by atoms with Crippen molar-refractivity contribution >= 4 is 39.1 Å². The van der Waals surface area contributed by atoms with Crippen molar-refractivity contribution in [3.8, 4) is 5.75 Å². The Balaban J connectivity index is 1.84. The Labute approximate surface area is 277 Å². The summed E-state index contributed by atoms with van der Waals surface area (Å²) in [6, 6.07) is 28.7. The van der Waals surface area contributed by atoms with E-state index in [1.165, 1.54) is 29.2 Å². The van der Waals surface area contributed by atoms with Crippen LogP contribution in [0.25, 0.3) is 0 Å². The van der Waals surface area contributed by atoms with Crippen LogP contribution in [0.1, 0.15) is 37.0 Å². The van der Waals surface area contributed by atoms with E-state index in [4.69, 9.17) is 16.3 Å².